The summed E-state index contributed by atoms with van der Waals surface area (Å²) in [6.07, 6.45) is -3.08. The summed E-state index contributed by atoms with van der Waals surface area (Å²) in [5, 5.41) is 9.64. The van der Waals surface area contributed by atoms with Crippen LogP contribution in [0.5, 0.6) is 0 Å². The third-order valence-corrected chi connectivity index (χ3v) is 5.08. The Labute approximate surface area is 180 Å². The molecule has 1 aliphatic heterocycles. The molecule has 0 spiro atoms. The number of anilines is 1. The Bertz CT molecular complexity index is 1210. The van der Waals surface area contributed by atoms with Crippen molar-refractivity contribution in [2.24, 2.45) is 7.05 Å². The Morgan fingerprint density at radius 2 is 1.97 bits per heavy atom. The summed E-state index contributed by atoms with van der Waals surface area (Å²) in [6.45, 7) is 2.30. The molecule has 1 fully saturated rings. The molecule has 7 nitrogen and oxygen atoms in total. The average molecular weight is 449 g/mol. The molecular formula is C20H16ClF3N6O. The van der Waals surface area contributed by atoms with E-state index in [1.807, 2.05) is 11.0 Å². The third-order valence-electron chi connectivity index (χ3n) is 4.91. The molecule has 11 heteroatoms. The summed E-state index contributed by atoms with van der Waals surface area (Å²) in [5.41, 5.74) is 0.289. The van der Waals surface area contributed by atoms with Gasteiger partial charge in [-0.25, -0.2) is 4.98 Å². The van der Waals surface area contributed by atoms with Gasteiger partial charge in [-0.05, 0) is 35.4 Å². The molecule has 0 radical (unpaired) electrons. The van der Waals surface area contributed by atoms with Crippen LogP contribution in [-0.2, 0) is 18.0 Å². The number of morpholine rings is 1. The van der Waals surface area contributed by atoms with E-state index >= 15 is 0 Å². The molecule has 0 atom stereocenters. The van der Waals surface area contributed by atoms with Gasteiger partial charge in [-0.3, -0.25) is 0 Å². The minimum Gasteiger partial charge on any atom is -0.378 e. The Kier molecular flexibility index (Phi) is 5.56. The lowest BCUT2D eigenvalue weighted by atomic mass is 10.0. The van der Waals surface area contributed by atoms with Crippen LogP contribution in [0.2, 0.25) is 5.28 Å². The van der Waals surface area contributed by atoms with Crippen LogP contribution in [-0.4, -0.2) is 45.8 Å². The lowest BCUT2D eigenvalue weighted by Gasteiger charge is -2.27. The number of aryl methyl sites for hydroxylation is 1. The van der Waals surface area contributed by atoms with Gasteiger partial charge in [0.2, 0.25) is 5.28 Å². The molecule has 1 aromatic carbocycles. The van der Waals surface area contributed by atoms with Gasteiger partial charge in [0.1, 0.15) is 5.82 Å². The Morgan fingerprint density at radius 3 is 2.65 bits per heavy atom. The summed E-state index contributed by atoms with van der Waals surface area (Å²) in [7, 11) is 1.69. The van der Waals surface area contributed by atoms with E-state index in [0.29, 0.717) is 49.1 Å². The zero-order valence-corrected chi connectivity index (χ0v) is 17.1. The van der Waals surface area contributed by atoms with Gasteiger partial charge in [0, 0.05) is 20.1 Å². The van der Waals surface area contributed by atoms with Crippen molar-refractivity contribution in [3.63, 3.8) is 0 Å². The van der Waals surface area contributed by atoms with E-state index < -0.39 is 11.7 Å². The maximum absolute atomic E-state index is 13.1. The molecule has 0 N–H and O–H groups in total. The van der Waals surface area contributed by atoms with E-state index in [2.05, 4.69) is 15.0 Å². The average Bonchev–Trinajstić information content (AvgIpc) is 3.07. The Balaban J connectivity index is 1.81. The number of benzene rings is 1. The van der Waals surface area contributed by atoms with Crippen LogP contribution in [0.25, 0.3) is 22.8 Å². The summed E-state index contributed by atoms with van der Waals surface area (Å²) >= 11 is 6.12. The highest BCUT2D eigenvalue weighted by molar-refractivity contribution is 6.28. The van der Waals surface area contributed by atoms with Crippen LogP contribution in [0.1, 0.15) is 17.0 Å². The molecule has 160 valence electrons. The quantitative estimate of drug-likeness (QED) is 0.446. The first-order valence-electron chi connectivity index (χ1n) is 9.30. The number of hydrogen-bond donors (Lipinski definition) is 0. The number of aromatic nitrogens is 4. The highest BCUT2D eigenvalue weighted by Crippen LogP contribution is 2.32. The summed E-state index contributed by atoms with van der Waals surface area (Å²) in [4.78, 5) is 15.1. The monoisotopic (exact) mass is 448 g/mol. The van der Waals surface area contributed by atoms with Crippen LogP contribution in [0.3, 0.4) is 0 Å². The summed E-state index contributed by atoms with van der Waals surface area (Å²) < 4.78 is 46.2. The number of imidazole rings is 1. The van der Waals surface area contributed by atoms with Crippen molar-refractivity contribution >= 4 is 40.2 Å². The van der Waals surface area contributed by atoms with Gasteiger partial charge < -0.3 is 14.2 Å². The summed E-state index contributed by atoms with van der Waals surface area (Å²) in [5.74, 6) is 0.890. The molecule has 0 bridgehead atoms. The van der Waals surface area contributed by atoms with Gasteiger partial charge >= 0.3 is 6.18 Å². The Morgan fingerprint density at radius 1 is 1.23 bits per heavy atom. The number of hydrogen-bond acceptors (Lipinski definition) is 6. The molecule has 0 unspecified atom stereocenters. The van der Waals surface area contributed by atoms with E-state index in [-0.39, 0.29) is 16.4 Å². The van der Waals surface area contributed by atoms with Gasteiger partial charge in [-0.1, -0.05) is 12.1 Å². The van der Waals surface area contributed by atoms with E-state index in [1.165, 1.54) is 18.2 Å². The van der Waals surface area contributed by atoms with Crippen LogP contribution >= 0.6 is 11.6 Å². The minimum absolute atomic E-state index is 0.0384. The standard InChI is InChI=1S/C20H16ClF3N6O/c1-29-15(10-13(11-25)12-3-2-4-14(9-12)20(22,23)24)26-16-17(29)27-19(21)28-18(16)30-5-7-31-8-6-30/h2-4,9-10H,5-8H2,1H3/b13-10+. The van der Waals surface area contributed by atoms with Crippen LogP contribution in [0.4, 0.5) is 19.0 Å². The van der Waals surface area contributed by atoms with Crippen molar-refractivity contribution in [2.75, 3.05) is 31.2 Å². The molecule has 3 aromatic rings. The van der Waals surface area contributed by atoms with Gasteiger partial charge in [0.15, 0.2) is 17.0 Å². The SMILES string of the molecule is Cn1c(/C=C(\C#N)c2cccc(C(F)(F)F)c2)nc2c(N3CCOCC3)nc(Cl)nc21. The van der Waals surface area contributed by atoms with E-state index in [4.69, 9.17) is 16.3 Å². The molecule has 4 rings (SSSR count). The van der Waals surface area contributed by atoms with Crippen molar-refractivity contribution in [3.8, 4) is 6.07 Å². The number of halogens is 4. The number of fused-ring (bicyclic) bond motifs is 1. The van der Waals surface area contributed by atoms with Crippen molar-refractivity contribution in [3.05, 3.63) is 46.5 Å². The second-order valence-corrected chi connectivity index (χ2v) is 7.20. The molecule has 1 saturated heterocycles. The Hall–Kier alpha value is -3.16. The van der Waals surface area contributed by atoms with Gasteiger partial charge in [-0.15, -0.1) is 0 Å². The van der Waals surface area contributed by atoms with Crippen LogP contribution < -0.4 is 4.90 Å². The molecular weight excluding hydrogens is 433 g/mol. The van der Waals surface area contributed by atoms with Crippen molar-refractivity contribution < 1.29 is 17.9 Å². The first-order chi connectivity index (χ1) is 14.8. The van der Waals surface area contributed by atoms with Gasteiger partial charge in [-0.2, -0.15) is 28.4 Å². The third kappa shape index (κ3) is 4.19. The lowest BCUT2D eigenvalue weighted by molar-refractivity contribution is -0.137. The molecule has 0 saturated carbocycles. The van der Waals surface area contributed by atoms with E-state index in [0.717, 1.165) is 12.1 Å². The largest absolute Gasteiger partial charge is 0.416 e. The normalized spacial score (nSPS) is 15.4. The van der Waals surface area contributed by atoms with Crippen LogP contribution in [0.15, 0.2) is 24.3 Å². The van der Waals surface area contributed by atoms with Gasteiger partial charge in [0.25, 0.3) is 0 Å². The van der Waals surface area contributed by atoms with Crippen molar-refractivity contribution in [1.82, 2.24) is 19.5 Å². The second kappa shape index (κ2) is 8.17. The predicted molar refractivity (Wildman–Crippen MR) is 109 cm³/mol. The molecule has 31 heavy (non-hydrogen) atoms. The number of rotatable bonds is 3. The zero-order chi connectivity index (χ0) is 22.2. The van der Waals surface area contributed by atoms with Gasteiger partial charge in [0.05, 0.1) is 30.4 Å². The smallest absolute Gasteiger partial charge is 0.378 e. The fraction of sp³-hybridized carbons (Fsp3) is 0.300. The predicted octanol–water partition coefficient (Wildman–Crippen LogP) is 3.94. The van der Waals surface area contributed by atoms with Crippen molar-refractivity contribution in [1.29, 1.82) is 5.26 Å². The number of alkyl halides is 3. The molecule has 0 aliphatic carbocycles. The first-order valence-corrected chi connectivity index (χ1v) is 9.68. The lowest BCUT2D eigenvalue weighted by Crippen LogP contribution is -2.37. The minimum atomic E-state index is -4.51. The van der Waals surface area contributed by atoms with E-state index in [1.54, 1.807) is 11.6 Å². The fourth-order valence-corrected chi connectivity index (χ4v) is 3.49. The maximum Gasteiger partial charge on any atom is 0.416 e. The molecule has 0 amide bonds. The zero-order valence-electron chi connectivity index (χ0n) is 16.3. The van der Waals surface area contributed by atoms with Crippen LogP contribution in [0, 0.1) is 11.3 Å². The number of allylic oxidation sites excluding steroid dienone is 1. The molecule has 2 aromatic heterocycles. The second-order valence-electron chi connectivity index (χ2n) is 6.87. The topological polar surface area (TPSA) is 79.9 Å². The summed E-state index contributed by atoms with van der Waals surface area (Å²) in [6, 6.07) is 6.57. The number of ether oxygens (including phenoxy) is 1. The highest BCUT2D eigenvalue weighted by atomic mass is 35.5. The number of nitrogens with zero attached hydrogens (tertiary/aromatic N) is 6. The van der Waals surface area contributed by atoms with E-state index in [9.17, 15) is 18.4 Å². The first kappa shape index (κ1) is 21.1. The molecule has 3 heterocycles. The maximum atomic E-state index is 13.1. The number of nitriles is 1. The fourth-order valence-electron chi connectivity index (χ4n) is 3.33. The molecule has 1 aliphatic rings. The van der Waals surface area contributed by atoms with Crippen molar-refractivity contribution in [2.45, 2.75) is 6.18 Å². The highest BCUT2D eigenvalue weighted by Gasteiger charge is 2.30.